The van der Waals surface area contributed by atoms with Gasteiger partial charge in [-0.05, 0) is 72.2 Å². The second-order valence-electron chi connectivity index (χ2n) is 22.5. The van der Waals surface area contributed by atoms with Crippen LogP contribution in [0.2, 0.25) is 21.7 Å². The highest BCUT2D eigenvalue weighted by Gasteiger charge is 2.59. The molecule has 9 rings (SSSR count). The number of anilines is 1. The van der Waals surface area contributed by atoms with Crippen LogP contribution in [-0.4, -0.2) is 101 Å². The van der Waals surface area contributed by atoms with E-state index in [-0.39, 0.29) is 17.5 Å². The Morgan fingerprint density at radius 1 is 0.750 bits per heavy atom. The number of nitrogen functional groups attached to an aromatic ring is 1. The van der Waals surface area contributed by atoms with E-state index in [1.165, 1.54) is 17.0 Å². The summed E-state index contributed by atoms with van der Waals surface area (Å²) in [5, 5.41) is 1.76. The first-order valence-corrected chi connectivity index (χ1v) is 29.4. The van der Waals surface area contributed by atoms with Gasteiger partial charge in [0, 0.05) is 6.07 Å². The maximum Gasteiger partial charge on any atom is 0.330 e. The van der Waals surface area contributed by atoms with Crippen molar-refractivity contribution in [3.05, 3.63) is 111 Å². The number of hydrogen-bond acceptors (Lipinski definition) is 14. The van der Waals surface area contributed by atoms with Crippen molar-refractivity contribution in [1.29, 1.82) is 0 Å². The first kappa shape index (κ1) is 52.2. The Morgan fingerprint density at radius 2 is 1.28 bits per heavy atom. The molecule has 5 aromatic rings. The van der Waals surface area contributed by atoms with Crippen molar-refractivity contribution < 1.29 is 37.3 Å². The number of aromatic amines is 1. The van der Waals surface area contributed by atoms with Crippen molar-refractivity contribution in [3.63, 3.8) is 0 Å². The number of ether oxygens (including phenoxy) is 6. The molecule has 8 atom stereocenters. The van der Waals surface area contributed by atoms with E-state index in [1.54, 1.807) is 0 Å². The van der Waals surface area contributed by atoms with Gasteiger partial charge >= 0.3 is 5.69 Å². The Balaban J connectivity index is 1.03. The molecule has 0 bridgehead atoms. The van der Waals surface area contributed by atoms with Crippen molar-refractivity contribution in [2.45, 2.75) is 185 Å². The maximum absolute atomic E-state index is 14.2. The SMILES string of the molecule is CC(C)[Si](OC[C@H]1O[C@@H](n2c(/C=C\C[C@H]3O[C@@H](n4c(CO[Si](c5ccccc5)(c5ccccc5)C(C)(C)C)cc(=O)[nH]c4=O)[C@@H]4OC(C)(C)O[C@@H]43)nc3c(N)ncnc32)[C@@H]2OC(C)(C)O[C@@H]21)(C(C)C)C(C)C. The van der Waals surface area contributed by atoms with Crippen LogP contribution in [0.5, 0.6) is 0 Å². The Kier molecular flexibility index (Phi) is 14.2. The van der Waals surface area contributed by atoms with Gasteiger partial charge in [-0.15, -0.1) is 0 Å². The molecule has 0 spiro atoms. The van der Waals surface area contributed by atoms with Gasteiger partial charge in [-0.2, -0.15) is 0 Å². The maximum atomic E-state index is 14.2. The molecule has 0 unspecified atom stereocenters. The Hall–Kier alpha value is -4.68. The standard InChI is InChI=1S/C53H73N7O10Si2/c1-31(2)71(32(3)4,33(5)6)63-29-38-43-45(70-53(12,13)68-43)49(66-38)60-39(57-41-46(54)55-30-56-47(41)60)26-20-25-37-42-44(69-52(10,11)67-42)48(65-37)59-34(27-40(61)58-50(59)62)28-64-72(51(7,8)9,35-21-16-14-17-22-35)36-23-18-15-19-24-36/h14-24,26-27,30-33,37-38,42-45,48-49H,25,28-29H2,1-13H3,(H2,54,55,56)(H,58,61,62)/b26-20-/t37-,38-,42-,43-,44-,45-,48-,49-/m1/s1. The summed E-state index contributed by atoms with van der Waals surface area (Å²) in [7, 11) is -5.37. The first-order valence-electron chi connectivity index (χ1n) is 25.4. The normalized spacial score (nSPS) is 26.2. The van der Waals surface area contributed by atoms with Crippen LogP contribution in [-0.2, 0) is 43.9 Å². The van der Waals surface area contributed by atoms with Crippen LogP contribution < -0.4 is 27.4 Å². The number of nitrogens with zero attached hydrogens (tertiary/aromatic N) is 5. The fourth-order valence-electron chi connectivity index (χ4n) is 12.3. The largest absolute Gasteiger partial charge is 0.413 e. The van der Waals surface area contributed by atoms with Gasteiger partial charge in [0.1, 0.15) is 42.7 Å². The average molecular weight is 1020 g/mol. The summed E-state index contributed by atoms with van der Waals surface area (Å²) in [6.07, 6.45) is 0.542. The smallest absolute Gasteiger partial charge is 0.330 e. The van der Waals surface area contributed by atoms with Gasteiger partial charge in [0.25, 0.3) is 13.9 Å². The zero-order chi connectivity index (χ0) is 51.7. The van der Waals surface area contributed by atoms with Crippen molar-refractivity contribution in [3.8, 4) is 0 Å². The minimum absolute atomic E-state index is 0.0548. The Morgan fingerprint density at radius 3 is 1.83 bits per heavy atom. The molecule has 2 aromatic carbocycles. The quantitative estimate of drug-likeness (QED) is 0.0924. The molecular weight excluding hydrogens is 951 g/mol. The molecule has 0 amide bonds. The zero-order valence-electron chi connectivity index (χ0n) is 44.0. The monoisotopic (exact) mass is 1020 g/mol. The lowest BCUT2D eigenvalue weighted by atomic mass is 10.1. The van der Waals surface area contributed by atoms with Crippen LogP contribution in [0.4, 0.5) is 5.82 Å². The van der Waals surface area contributed by atoms with Crippen LogP contribution in [0.3, 0.4) is 0 Å². The summed E-state index contributed by atoms with van der Waals surface area (Å²) in [6, 6.07) is 21.8. The van der Waals surface area contributed by atoms with E-state index in [1.807, 2.05) is 80.8 Å². The molecule has 17 nitrogen and oxygen atoms in total. The molecule has 0 saturated carbocycles. The summed E-state index contributed by atoms with van der Waals surface area (Å²) in [5.41, 5.74) is 7.66. The first-order chi connectivity index (χ1) is 34.0. The minimum Gasteiger partial charge on any atom is -0.413 e. The van der Waals surface area contributed by atoms with E-state index in [2.05, 4.69) is 102 Å². The molecule has 19 heteroatoms. The number of H-pyrrole nitrogens is 1. The summed E-state index contributed by atoms with van der Waals surface area (Å²) in [4.78, 5) is 43.8. The molecule has 0 aliphatic carbocycles. The predicted molar refractivity (Wildman–Crippen MR) is 280 cm³/mol. The van der Waals surface area contributed by atoms with Gasteiger partial charge in [-0.3, -0.25) is 18.9 Å². The third-order valence-corrected chi connectivity index (χ3v) is 26.1. The number of imidazole rings is 1. The molecule has 7 heterocycles. The Bertz CT molecular complexity index is 2820. The highest BCUT2D eigenvalue weighted by molar-refractivity contribution is 6.99. The topological polar surface area (TPSA) is 198 Å². The minimum atomic E-state index is -3.10. The van der Waals surface area contributed by atoms with Gasteiger partial charge < -0.3 is 43.0 Å². The average Bonchev–Trinajstić information content (AvgIpc) is 4.08. The van der Waals surface area contributed by atoms with Gasteiger partial charge in [0.15, 0.2) is 49.3 Å². The van der Waals surface area contributed by atoms with E-state index in [9.17, 15) is 9.59 Å². The third kappa shape index (κ3) is 9.32. The van der Waals surface area contributed by atoms with Crippen LogP contribution in [0.1, 0.15) is 120 Å². The third-order valence-electron chi connectivity index (χ3n) is 15.0. The lowest BCUT2D eigenvalue weighted by molar-refractivity contribution is -0.199. The highest BCUT2D eigenvalue weighted by Crippen LogP contribution is 2.48. The summed E-state index contributed by atoms with van der Waals surface area (Å²) >= 11 is 0. The van der Waals surface area contributed by atoms with Gasteiger partial charge in [0.2, 0.25) is 0 Å². The second kappa shape index (κ2) is 19.5. The van der Waals surface area contributed by atoms with Crippen LogP contribution in [0.25, 0.3) is 17.2 Å². The number of fused-ring (bicyclic) bond motifs is 3. The molecule has 4 saturated heterocycles. The van der Waals surface area contributed by atoms with Gasteiger partial charge in [-0.1, -0.05) is 129 Å². The second-order valence-corrected chi connectivity index (χ2v) is 32.3. The molecule has 388 valence electrons. The summed E-state index contributed by atoms with van der Waals surface area (Å²) in [5.74, 6) is -1.17. The van der Waals surface area contributed by atoms with E-state index in [0.717, 1.165) is 10.4 Å². The highest BCUT2D eigenvalue weighted by atomic mass is 28.4. The van der Waals surface area contributed by atoms with E-state index >= 15 is 0 Å². The van der Waals surface area contributed by atoms with Gasteiger partial charge in [-0.25, -0.2) is 19.7 Å². The van der Waals surface area contributed by atoms with E-state index in [0.29, 0.717) is 52.3 Å². The van der Waals surface area contributed by atoms with E-state index < -0.39 is 88.5 Å². The number of benzene rings is 2. The number of hydrogen-bond donors (Lipinski definition) is 2. The zero-order valence-corrected chi connectivity index (χ0v) is 46.0. The van der Waals surface area contributed by atoms with E-state index in [4.69, 9.17) is 48.0 Å². The number of aromatic nitrogens is 6. The summed E-state index contributed by atoms with van der Waals surface area (Å²) in [6.45, 7) is 27.9. The Labute approximate surface area is 424 Å². The lowest BCUT2D eigenvalue weighted by Crippen LogP contribution is -2.66. The number of rotatable bonds is 16. The molecule has 0 radical (unpaired) electrons. The predicted octanol–water partition coefficient (Wildman–Crippen LogP) is 7.47. The molecular formula is C53H73N7O10Si2. The van der Waals surface area contributed by atoms with Crippen molar-refractivity contribution in [2.75, 3.05) is 12.3 Å². The fourth-order valence-corrected chi connectivity index (χ4v) is 22.3. The number of nitrogens with one attached hydrogen (secondary N) is 1. The van der Waals surface area contributed by atoms with Crippen LogP contribution in [0.15, 0.2) is 88.7 Å². The van der Waals surface area contributed by atoms with Crippen molar-refractivity contribution in [2.24, 2.45) is 0 Å². The summed E-state index contributed by atoms with van der Waals surface area (Å²) < 4.78 is 57.8. The molecule has 4 aliphatic heterocycles. The fraction of sp³-hybridized carbons (Fsp3) is 0.566. The van der Waals surface area contributed by atoms with Crippen LogP contribution >= 0.6 is 0 Å². The number of nitrogens with two attached hydrogens (primary N) is 1. The van der Waals surface area contributed by atoms with Crippen molar-refractivity contribution >= 4 is 50.1 Å². The lowest BCUT2D eigenvalue weighted by Gasteiger charge is -2.43. The molecule has 4 aliphatic rings. The molecule has 3 N–H and O–H groups in total. The van der Waals surface area contributed by atoms with Gasteiger partial charge in [0.05, 0.1) is 25.0 Å². The molecule has 4 fully saturated rings. The van der Waals surface area contributed by atoms with Crippen LogP contribution in [0, 0.1) is 0 Å². The molecule has 3 aromatic heterocycles. The van der Waals surface area contributed by atoms with Crippen molar-refractivity contribution in [1.82, 2.24) is 29.1 Å². The molecule has 72 heavy (non-hydrogen) atoms.